The zero-order chi connectivity index (χ0) is 12.8. The summed E-state index contributed by atoms with van der Waals surface area (Å²) in [5.74, 6) is -4.37. The molecule has 7 heteroatoms. The van der Waals surface area contributed by atoms with Crippen LogP contribution in [0.3, 0.4) is 0 Å². The lowest BCUT2D eigenvalue weighted by atomic mass is 10.1. The van der Waals surface area contributed by atoms with E-state index in [0.717, 1.165) is 0 Å². The van der Waals surface area contributed by atoms with Crippen LogP contribution in [0.4, 0.5) is 13.2 Å². The van der Waals surface area contributed by atoms with E-state index in [1.54, 1.807) is 0 Å². The van der Waals surface area contributed by atoms with Crippen molar-refractivity contribution in [2.24, 2.45) is 5.73 Å². The molecule has 0 aromatic heterocycles. The number of rotatable bonds is 5. The lowest BCUT2D eigenvalue weighted by Crippen LogP contribution is -2.27. The number of amides is 1. The van der Waals surface area contributed by atoms with Gasteiger partial charge in [-0.1, -0.05) is 0 Å². The van der Waals surface area contributed by atoms with E-state index in [4.69, 9.17) is 5.73 Å². The van der Waals surface area contributed by atoms with Crippen LogP contribution in [0.2, 0.25) is 0 Å². The molecule has 0 saturated carbocycles. The Morgan fingerprint density at radius 2 is 1.72 bits per heavy atom. The van der Waals surface area contributed by atoms with Gasteiger partial charge in [-0.3, -0.25) is 4.79 Å². The standard InChI is InChI=1S/C11H13F3N2O.ClH/c12-7-5-8(13)10(9(14)6-7)11(17)16-4-2-1-3-15;/h5-6H,1-4,15H2,(H,16,17);1H. The minimum Gasteiger partial charge on any atom is -0.352 e. The highest BCUT2D eigenvalue weighted by Crippen LogP contribution is 2.14. The van der Waals surface area contributed by atoms with Gasteiger partial charge in [-0.25, -0.2) is 13.2 Å². The van der Waals surface area contributed by atoms with Crippen molar-refractivity contribution in [2.75, 3.05) is 13.1 Å². The maximum absolute atomic E-state index is 13.2. The summed E-state index contributed by atoms with van der Waals surface area (Å²) in [6, 6.07) is 0.940. The first-order chi connectivity index (χ1) is 8.06. The van der Waals surface area contributed by atoms with Crippen molar-refractivity contribution in [1.82, 2.24) is 5.32 Å². The van der Waals surface area contributed by atoms with Gasteiger partial charge in [-0.05, 0) is 19.4 Å². The second-order valence-electron chi connectivity index (χ2n) is 3.50. The summed E-state index contributed by atoms with van der Waals surface area (Å²) in [6.45, 7) is 0.751. The van der Waals surface area contributed by atoms with Crippen LogP contribution in [-0.2, 0) is 0 Å². The topological polar surface area (TPSA) is 55.1 Å². The lowest BCUT2D eigenvalue weighted by molar-refractivity contribution is 0.0944. The van der Waals surface area contributed by atoms with E-state index in [-0.39, 0.29) is 19.0 Å². The number of hydrogen-bond acceptors (Lipinski definition) is 2. The molecular weight excluding hydrogens is 269 g/mol. The summed E-state index contributed by atoms with van der Waals surface area (Å²) in [5.41, 5.74) is 4.48. The van der Waals surface area contributed by atoms with Gasteiger partial charge in [-0.2, -0.15) is 0 Å². The van der Waals surface area contributed by atoms with E-state index < -0.39 is 28.9 Å². The van der Waals surface area contributed by atoms with E-state index in [2.05, 4.69) is 5.32 Å². The average Bonchev–Trinajstić information content (AvgIpc) is 2.23. The van der Waals surface area contributed by atoms with Crippen LogP contribution in [0, 0.1) is 17.5 Å². The number of hydrogen-bond donors (Lipinski definition) is 2. The summed E-state index contributed by atoms with van der Waals surface area (Å²) < 4.78 is 39.0. The quantitative estimate of drug-likeness (QED) is 0.812. The first-order valence-corrected chi connectivity index (χ1v) is 5.19. The molecule has 102 valence electrons. The van der Waals surface area contributed by atoms with Crippen molar-refractivity contribution < 1.29 is 18.0 Å². The van der Waals surface area contributed by atoms with Crippen LogP contribution >= 0.6 is 12.4 Å². The summed E-state index contributed by atoms with van der Waals surface area (Å²) in [5, 5.41) is 2.34. The molecule has 1 rings (SSSR count). The minimum absolute atomic E-state index is 0. The monoisotopic (exact) mass is 282 g/mol. The van der Waals surface area contributed by atoms with Crippen molar-refractivity contribution in [3.63, 3.8) is 0 Å². The fourth-order valence-corrected chi connectivity index (χ4v) is 1.32. The smallest absolute Gasteiger partial charge is 0.257 e. The second kappa shape index (κ2) is 7.94. The highest BCUT2D eigenvalue weighted by Gasteiger charge is 2.18. The molecule has 0 atom stereocenters. The van der Waals surface area contributed by atoms with Crippen LogP contribution in [0.25, 0.3) is 0 Å². The van der Waals surface area contributed by atoms with Gasteiger partial charge in [0.25, 0.3) is 5.91 Å². The Labute approximate surface area is 109 Å². The largest absolute Gasteiger partial charge is 0.352 e. The molecule has 3 N–H and O–H groups in total. The van der Waals surface area contributed by atoms with E-state index in [0.29, 0.717) is 31.5 Å². The summed E-state index contributed by atoms with van der Waals surface area (Å²) in [4.78, 5) is 11.4. The SMILES string of the molecule is Cl.NCCCCNC(=O)c1c(F)cc(F)cc1F. The second-order valence-corrected chi connectivity index (χ2v) is 3.50. The van der Waals surface area contributed by atoms with Crippen LogP contribution in [0.15, 0.2) is 12.1 Å². The molecule has 0 bridgehead atoms. The molecule has 1 aromatic rings. The summed E-state index contributed by atoms with van der Waals surface area (Å²) in [7, 11) is 0. The molecule has 1 aromatic carbocycles. The molecule has 0 aliphatic heterocycles. The van der Waals surface area contributed by atoms with Crippen molar-refractivity contribution in [2.45, 2.75) is 12.8 Å². The van der Waals surface area contributed by atoms with Crippen LogP contribution in [0.1, 0.15) is 23.2 Å². The fourth-order valence-electron chi connectivity index (χ4n) is 1.32. The Morgan fingerprint density at radius 3 is 2.22 bits per heavy atom. The Hall–Kier alpha value is -1.27. The average molecular weight is 283 g/mol. The Morgan fingerprint density at radius 1 is 1.17 bits per heavy atom. The number of nitrogens with one attached hydrogen (secondary N) is 1. The van der Waals surface area contributed by atoms with E-state index in [1.165, 1.54) is 0 Å². The van der Waals surface area contributed by atoms with Crippen molar-refractivity contribution in [1.29, 1.82) is 0 Å². The van der Waals surface area contributed by atoms with Crippen LogP contribution in [0.5, 0.6) is 0 Å². The number of unbranched alkanes of at least 4 members (excludes halogenated alkanes) is 1. The third-order valence-corrected chi connectivity index (χ3v) is 2.15. The van der Waals surface area contributed by atoms with Gasteiger partial charge < -0.3 is 11.1 Å². The molecule has 18 heavy (non-hydrogen) atoms. The van der Waals surface area contributed by atoms with Gasteiger partial charge in [0.15, 0.2) is 0 Å². The fraction of sp³-hybridized carbons (Fsp3) is 0.364. The van der Waals surface area contributed by atoms with Crippen LogP contribution < -0.4 is 11.1 Å². The molecule has 3 nitrogen and oxygen atoms in total. The van der Waals surface area contributed by atoms with Gasteiger partial charge in [-0.15, -0.1) is 12.4 Å². The van der Waals surface area contributed by atoms with Gasteiger partial charge >= 0.3 is 0 Å². The molecule has 0 heterocycles. The lowest BCUT2D eigenvalue weighted by Gasteiger charge is -2.06. The normalized spacial score (nSPS) is 9.78. The Balaban J connectivity index is 0.00000289. The van der Waals surface area contributed by atoms with Crippen LogP contribution in [-0.4, -0.2) is 19.0 Å². The number of carbonyl (C=O) groups is 1. The first-order valence-electron chi connectivity index (χ1n) is 5.19. The predicted octanol–water partition coefficient (Wildman–Crippen LogP) is 1.99. The van der Waals surface area contributed by atoms with E-state index >= 15 is 0 Å². The van der Waals surface area contributed by atoms with E-state index in [1.807, 2.05) is 0 Å². The maximum Gasteiger partial charge on any atom is 0.257 e. The maximum atomic E-state index is 13.2. The van der Waals surface area contributed by atoms with Gasteiger partial charge in [0.05, 0.1) is 0 Å². The number of halogens is 4. The number of benzene rings is 1. The first kappa shape index (κ1) is 16.7. The van der Waals surface area contributed by atoms with Crippen molar-refractivity contribution in [3.8, 4) is 0 Å². The third-order valence-electron chi connectivity index (χ3n) is 2.15. The predicted molar refractivity (Wildman–Crippen MR) is 64.2 cm³/mol. The molecule has 0 radical (unpaired) electrons. The molecule has 0 unspecified atom stereocenters. The van der Waals surface area contributed by atoms with E-state index in [9.17, 15) is 18.0 Å². The molecule has 0 spiro atoms. The van der Waals surface area contributed by atoms with Crippen molar-refractivity contribution >= 4 is 18.3 Å². The number of carbonyl (C=O) groups excluding carboxylic acids is 1. The molecule has 0 fully saturated rings. The molecular formula is C11H14ClF3N2O. The molecule has 0 aliphatic rings. The number of nitrogens with two attached hydrogens (primary N) is 1. The Bertz CT molecular complexity index is 392. The molecule has 1 amide bonds. The minimum atomic E-state index is -1.21. The van der Waals surface area contributed by atoms with Gasteiger partial charge in [0.1, 0.15) is 23.0 Å². The third kappa shape index (κ3) is 4.54. The summed E-state index contributed by atoms with van der Waals surface area (Å²) in [6.07, 6.45) is 1.32. The zero-order valence-corrected chi connectivity index (χ0v) is 10.3. The Kier molecular flexibility index (Phi) is 7.38. The van der Waals surface area contributed by atoms with Crippen molar-refractivity contribution in [3.05, 3.63) is 35.1 Å². The highest BCUT2D eigenvalue weighted by molar-refractivity contribution is 5.94. The summed E-state index contributed by atoms with van der Waals surface area (Å²) >= 11 is 0. The highest BCUT2D eigenvalue weighted by atomic mass is 35.5. The molecule has 0 aliphatic carbocycles. The zero-order valence-electron chi connectivity index (χ0n) is 9.51. The molecule has 0 saturated heterocycles. The van der Waals surface area contributed by atoms with Gasteiger partial charge in [0.2, 0.25) is 0 Å². The van der Waals surface area contributed by atoms with Gasteiger partial charge in [0, 0.05) is 18.7 Å².